The fraction of sp³-hybridized carbons (Fsp3) is 0.633. The Kier molecular flexibility index (Phi) is 10.3. The van der Waals surface area contributed by atoms with Crippen LogP contribution in [0.25, 0.3) is 0 Å². The van der Waals surface area contributed by atoms with E-state index in [1.807, 2.05) is 11.3 Å². The van der Waals surface area contributed by atoms with Crippen molar-refractivity contribution in [2.24, 2.45) is 23.5 Å². The number of pyridine rings is 1. The van der Waals surface area contributed by atoms with Crippen LogP contribution in [0.2, 0.25) is 0 Å². The molecule has 1 aliphatic heterocycles. The van der Waals surface area contributed by atoms with E-state index < -0.39 is 6.04 Å². The van der Waals surface area contributed by atoms with Gasteiger partial charge in [-0.1, -0.05) is 13.8 Å². The van der Waals surface area contributed by atoms with Crippen molar-refractivity contribution in [2.45, 2.75) is 77.9 Å². The van der Waals surface area contributed by atoms with Crippen molar-refractivity contribution in [3.8, 4) is 0 Å². The van der Waals surface area contributed by atoms with E-state index in [9.17, 15) is 9.59 Å². The van der Waals surface area contributed by atoms with E-state index in [0.29, 0.717) is 42.8 Å². The molecule has 2 atom stereocenters. The maximum atomic E-state index is 13.7. The Labute approximate surface area is 232 Å². The van der Waals surface area contributed by atoms with E-state index >= 15 is 0 Å². The third kappa shape index (κ3) is 7.64. The average Bonchev–Trinajstić information content (AvgIpc) is 3.35. The summed E-state index contributed by atoms with van der Waals surface area (Å²) in [5.41, 5.74) is 6.40. The number of rotatable bonds is 10. The maximum Gasteiger partial charge on any atom is 0.256 e. The van der Waals surface area contributed by atoms with Crippen molar-refractivity contribution >= 4 is 23.2 Å². The minimum Gasteiger partial charge on any atom is -0.354 e. The molecule has 0 bridgehead atoms. The molecule has 4 rings (SSSR count). The standard InChI is InChI=1S/C30H45N5O2S/c1-21(2)19-34(20-27-11-6-22(3)38-27)26-12-14-35(30(37)25-5-4-13-32-18-25)28(15-26)29(36)33-17-24-9-7-23(16-31)8-10-24/h4-6,11,13,18,21,23-24,26,28H,7-10,12,14-17,19-20,31H2,1-3H3,(H,33,36)/t23?,24?,26?,28-/m1/s1. The molecule has 7 nitrogen and oxygen atoms in total. The molecule has 8 heteroatoms. The highest BCUT2D eigenvalue weighted by Gasteiger charge is 2.39. The number of aryl methyl sites for hydroxylation is 1. The van der Waals surface area contributed by atoms with Gasteiger partial charge < -0.3 is 16.0 Å². The van der Waals surface area contributed by atoms with Crippen molar-refractivity contribution in [2.75, 3.05) is 26.2 Å². The van der Waals surface area contributed by atoms with Crippen LogP contribution in [-0.2, 0) is 11.3 Å². The van der Waals surface area contributed by atoms with E-state index in [1.54, 1.807) is 29.4 Å². The molecule has 2 aliphatic rings. The summed E-state index contributed by atoms with van der Waals surface area (Å²) in [7, 11) is 0. The first-order valence-corrected chi connectivity index (χ1v) is 15.1. The first-order chi connectivity index (χ1) is 18.3. The van der Waals surface area contributed by atoms with Gasteiger partial charge in [-0.05, 0) is 94.0 Å². The summed E-state index contributed by atoms with van der Waals surface area (Å²) in [6.07, 6.45) is 9.27. The molecule has 2 fully saturated rings. The van der Waals surface area contributed by atoms with Gasteiger partial charge in [0, 0.05) is 54.4 Å². The van der Waals surface area contributed by atoms with E-state index in [2.05, 4.69) is 48.1 Å². The predicted molar refractivity (Wildman–Crippen MR) is 154 cm³/mol. The molecule has 1 saturated carbocycles. The zero-order valence-corrected chi connectivity index (χ0v) is 24.1. The largest absolute Gasteiger partial charge is 0.354 e. The lowest BCUT2D eigenvalue weighted by molar-refractivity contribution is -0.128. The van der Waals surface area contributed by atoms with E-state index in [-0.39, 0.29) is 17.9 Å². The minimum absolute atomic E-state index is 0.0237. The lowest BCUT2D eigenvalue weighted by Crippen LogP contribution is -2.58. The molecule has 2 amide bonds. The molecular weight excluding hydrogens is 494 g/mol. The number of nitrogens with zero attached hydrogens (tertiary/aromatic N) is 3. The molecule has 2 aromatic heterocycles. The Morgan fingerprint density at radius 3 is 2.55 bits per heavy atom. The number of aromatic nitrogens is 1. The van der Waals surface area contributed by atoms with Crippen LogP contribution in [0.5, 0.6) is 0 Å². The van der Waals surface area contributed by atoms with Gasteiger partial charge in [-0.25, -0.2) is 0 Å². The van der Waals surface area contributed by atoms with Gasteiger partial charge in [0.1, 0.15) is 6.04 Å². The number of nitrogens with two attached hydrogens (primary N) is 1. The zero-order chi connectivity index (χ0) is 27.1. The molecule has 0 radical (unpaired) electrons. The number of nitrogens with one attached hydrogen (secondary N) is 1. The summed E-state index contributed by atoms with van der Waals surface area (Å²) in [5.74, 6) is 1.49. The summed E-state index contributed by atoms with van der Waals surface area (Å²) in [6, 6.07) is 7.73. The summed E-state index contributed by atoms with van der Waals surface area (Å²) in [6.45, 7) is 10.5. The summed E-state index contributed by atoms with van der Waals surface area (Å²) < 4.78 is 0. The number of carbonyl (C=O) groups is 2. The van der Waals surface area contributed by atoms with Crippen LogP contribution < -0.4 is 11.1 Å². The van der Waals surface area contributed by atoms with Gasteiger partial charge in [-0.3, -0.25) is 19.5 Å². The number of hydrogen-bond acceptors (Lipinski definition) is 6. The van der Waals surface area contributed by atoms with Gasteiger partial charge in [-0.15, -0.1) is 11.3 Å². The van der Waals surface area contributed by atoms with E-state index in [4.69, 9.17) is 5.73 Å². The number of piperidine rings is 1. The van der Waals surface area contributed by atoms with Gasteiger partial charge in [0.25, 0.3) is 5.91 Å². The van der Waals surface area contributed by atoms with E-state index in [0.717, 1.165) is 51.7 Å². The fourth-order valence-corrected chi connectivity index (χ4v) is 6.96. The van der Waals surface area contributed by atoms with Gasteiger partial charge in [0.05, 0.1) is 5.56 Å². The second-order valence-electron chi connectivity index (χ2n) is 11.6. The monoisotopic (exact) mass is 539 g/mol. The Bertz CT molecular complexity index is 1030. The molecule has 0 aromatic carbocycles. The Morgan fingerprint density at radius 1 is 1.16 bits per heavy atom. The first kappa shape index (κ1) is 28.7. The number of amides is 2. The molecular formula is C30H45N5O2S. The quantitative estimate of drug-likeness (QED) is 0.465. The van der Waals surface area contributed by atoms with Crippen molar-refractivity contribution < 1.29 is 9.59 Å². The van der Waals surface area contributed by atoms with Crippen molar-refractivity contribution in [3.05, 3.63) is 52.0 Å². The van der Waals surface area contributed by atoms with Crippen LogP contribution in [0.1, 0.15) is 72.5 Å². The van der Waals surface area contributed by atoms with Crippen LogP contribution in [0, 0.1) is 24.7 Å². The first-order valence-electron chi connectivity index (χ1n) is 14.3. The predicted octanol–water partition coefficient (Wildman–Crippen LogP) is 4.46. The second-order valence-corrected chi connectivity index (χ2v) is 13.0. The Morgan fingerprint density at radius 2 is 1.92 bits per heavy atom. The molecule has 3 N–H and O–H groups in total. The minimum atomic E-state index is -0.485. The van der Waals surface area contributed by atoms with Crippen LogP contribution in [0.15, 0.2) is 36.7 Å². The lowest BCUT2D eigenvalue weighted by Gasteiger charge is -2.43. The van der Waals surface area contributed by atoms with Gasteiger partial charge in [-0.2, -0.15) is 0 Å². The molecule has 1 aliphatic carbocycles. The molecule has 0 spiro atoms. The Hall–Kier alpha value is -2.29. The number of thiophene rings is 1. The number of likely N-dealkylation sites (tertiary alicyclic amines) is 1. The molecule has 1 unspecified atom stereocenters. The van der Waals surface area contributed by atoms with Crippen molar-refractivity contribution in [1.82, 2.24) is 20.1 Å². The van der Waals surface area contributed by atoms with Crippen LogP contribution >= 0.6 is 11.3 Å². The summed E-state index contributed by atoms with van der Waals surface area (Å²) >= 11 is 1.84. The van der Waals surface area contributed by atoms with Crippen LogP contribution in [0.3, 0.4) is 0 Å². The highest BCUT2D eigenvalue weighted by Crippen LogP contribution is 2.29. The highest BCUT2D eigenvalue weighted by atomic mass is 32.1. The molecule has 3 heterocycles. The molecule has 2 aromatic rings. The summed E-state index contributed by atoms with van der Waals surface area (Å²) in [4.78, 5) is 38.4. The SMILES string of the molecule is Cc1ccc(CN(CC(C)C)C2CCN(C(=O)c3cccnc3)[C@@H](C(=O)NCC3CCC(CN)CC3)C2)s1. The van der Waals surface area contributed by atoms with E-state index in [1.165, 1.54) is 9.75 Å². The lowest BCUT2D eigenvalue weighted by atomic mass is 9.82. The normalized spacial score (nSPS) is 24.1. The number of hydrogen-bond donors (Lipinski definition) is 2. The van der Waals surface area contributed by atoms with Crippen molar-refractivity contribution in [3.63, 3.8) is 0 Å². The van der Waals surface area contributed by atoms with Gasteiger partial charge in [0.15, 0.2) is 0 Å². The fourth-order valence-electron chi connectivity index (χ4n) is 6.04. The third-order valence-corrected chi connectivity index (χ3v) is 9.17. The van der Waals surface area contributed by atoms with Gasteiger partial charge in [0.2, 0.25) is 5.91 Å². The van der Waals surface area contributed by atoms with Crippen LogP contribution in [-0.4, -0.2) is 64.9 Å². The maximum absolute atomic E-state index is 13.7. The molecule has 38 heavy (non-hydrogen) atoms. The smallest absolute Gasteiger partial charge is 0.256 e. The second kappa shape index (κ2) is 13.7. The average molecular weight is 540 g/mol. The third-order valence-electron chi connectivity index (χ3n) is 8.18. The van der Waals surface area contributed by atoms with Crippen molar-refractivity contribution in [1.29, 1.82) is 0 Å². The summed E-state index contributed by atoms with van der Waals surface area (Å²) in [5, 5.41) is 3.25. The highest BCUT2D eigenvalue weighted by molar-refractivity contribution is 7.11. The topological polar surface area (TPSA) is 91.6 Å². The molecule has 208 valence electrons. The zero-order valence-electron chi connectivity index (χ0n) is 23.3. The Balaban J connectivity index is 1.48. The molecule has 1 saturated heterocycles. The van der Waals surface area contributed by atoms with Gasteiger partial charge >= 0.3 is 0 Å². The van der Waals surface area contributed by atoms with Crippen LogP contribution in [0.4, 0.5) is 0 Å². The number of carbonyl (C=O) groups excluding carboxylic acids is 2.